The number of hydrogen-bond donors (Lipinski definition) is 0. The maximum Gasteiger partial charge on any atom is 0.332 e. The van der Waals surface area contributed by atoms with Gasteiger partial charge in [-0.25, -0.2) is 4.79 Å². The van der Waals surface area contributed by atoms with Crippen LogP contribution in [0.1, 0.15) is 27.2 Å². The normalized spacial score (nSPS) is 25.9. The third-order valence-electron chi connectivity index (χ3n) is 2.96. The van der Waals surface area contributed by atoms with Crippen molar-refractivity contribution in [2.75, 3.05) is 32.9 Å². The summed E-state index contributed by atoms with van der Waals surface area (Å²) < 4.78 is 10.1. The van der Waals surface area contributed by atoms with Crippen LogP contribution in [0, 0.1) is 5.92 Å². The quantitative estimate of drug-likeness (QED) is 0.508. The second-order valence-corrected chi connectivity index (χ2v) is 4.54. The second kappa shape index (κ2) is 6.86. The Balaban J connectivity index is 2.05. The molecule has 0 N–H and O–H groups in total. The molecule has 16 heavy (non-hydrogen) atoms. The summed E-state index contributed by atoms with van der Waals surface area (Å²) >= 11 is 0. The van der Waals surface area contributed by atoms with E-state index in [4.69, 9.17) is 9.47 Å². The summed E-state index contributed by atoms with van der Waals surface area (Å²) in [7, 11) is 0. The Kier molecular flexibility index (Phi) is 5.77. The molecule has 0 aliphatic carbocycles. The van der Waals surface area contributed by atoms with Crippen molar-refractivity contribution in [3.8, 4) is 0 Å². The lowest BCUT2D eigenvalue weighted by molar-refractivity contribution is -0.148. The molecule has 1 aliphatic rings. The average Bonchev–Trinajstić information content (AvgIpc) is 2.53. The van der Waals surface area contributed by atoms with E-state index in [1.54, 1.807) is 6.92 Å². The molecule has 0 bridgehead atoms. The summed E-state index contributed by atoms with van der Waals surface area (Å²) in [4.78, 5) is 13.4. The Labute approximate surface area is 97.9 Å². The van der Waals surface area contributed by atoms with Crippen LogP contribution in [0.5, 0.6) is 0 Å². The monoisotopic (exact) mass is 229 g/mol. The van der Waals surface area contributed by atoms with E-state index < -0.39 is 0 Å². The van der Waals surface area contributed by atoms with Gasteiger partial charge in [-0.2, -0.15) is 0 Å². The fourth-order valence-corrected chi connectivity index (χ4v) is 2.24. The summed E-state index contributed by atoms with van der Waals surface area (Å²) in [6.07, 6.45) is 1.26. The van der Waals surface area contributed by atoms with Crippen molar-refractivity contribution >= 4 is 5.97 Å². The molecule has 0 radical (unpaired) electrons. The van der Waals surface area contributed by atoms with Gasteiger partial charge in [-0.3, -0.25) is 4.90 Å². The average molecular weight is 229 g/mol. The lowest BCUT2D eigenvalue weighted by Gasteiger charge is -2.20. The number of rotatable bonds is 6. The van der Waals surface area contributed by atoms with Gasteiger partial charge in [0.25, 0.3) is 0 Å². The number of ether oxygens (including phenoxy) is 2. The maximum atomic E-state index is 11.0. The van der Waals surface area contributed by atoms with Gasteiger partial charge in [-0.05, 0) is 26.2 Å². The fourth-order valence-electron chi connectivity index (χ4n) is 2.24. The Morgan fingerprint density at radius 3 is 2.75 bits per heavy atom. The third kappa shape index (κ3) is 4.49. The minimum absolute atomic E-state index is 0.0750. The van der Waals surface area contributed by atoms with E-state index in [1.165, 1.54) is 6.42 Å². The highest BCUT2D eigenvalue weighted by Gasteiger charge is 2.25. The van der Waals surface area contributed by atoms with Gasteiger partial charge in [0, 0.05) is 19.1 Å². The van der Waals surface area contributed by atoms with Crippen LogP contribution in [0.2, 0.25) is 0 Å². The fraction of sp³-hybridized carbons (Fsp3) is 0.917. The first-order chi connectivity index (χ1) is 7.63. The van der Waals surface area contributed by atoms with Crippen molar-refractivity contribution in [2.45, 2.75) is 33.2 Å². The summed E-state index contributed by atoms with van der Waals surface area (Å²) in [6, 6.07) is 0.640. The highest BCUT2D eigenvalue weighted by Crippen LogP contribution is 2.21. The van der Waals surface area contributed by atoms with Crippen LogP contribution >= 0.6 is 0 Å². The molecule has 1 aliphatic heterocycles. The minimum atomic E-state index is -0.273. The molecule has 1 rings (SSSR count). The number of esters is 1. The molecule has 94 valence electrons. The van der Waals surface area contributed by atoms with Gasteiger partial charge in [0.15, 0.2) is 0 Å². The Hall–Kier alpha value is -0.610. The molecular formula is C12H23NO3. The zero-order valence-electron chi connectivity index (χ0n) is 10.6. The van der Waals surface area contributed by atoms with Crippen LogP contribution in [0.15, 0.2) is 0 Å². The number of carbonyl (C=O) groups is 1. The molecule has 0 aromatic heterocycles. The lowest BCUT2D eigenvalue weighted by Crippen LogP contribution is -2.31. The van der Waals surface area contributed by atoms with Crippen molar-refractivity contribution in [3.05, 3.63) is 0 Å². The van der Waals surface area contributed by atoms with Gasteiger partial charge < -0.3 is 9.47 Å². The van der Waals surface area contributed by atoms with Gasteiger partial charge in [-0.1, -0.05) is 6.92 Å². The van der Waals surface area contributed by atoms with Gasteiger partial charge in [0.2, 0.25) is 0 Å². The smallest absolute Gasteiger partial charge is 0.332 e. The van der Waals surface area contributed by atoms with Crippen LogP contribution in [0.3, 0.4) is 0 Å². The van der Waals surface area contributed by atoms with Crippen LogP contribution in [0.4, 0.5) is 0 Å². The Bertz CT molecular complexity index is 220. The van der Waals surface area contributed by atoms with Gasteiger partial charge >= 0.3 is 5.97 Å². The van der Waals surface area contributed by atoms with Crippen molar-refractivity contribution in [1.82, 2.24) is 4.90 Å². The van der Waals surface area contributed by atoms with E-state index in [-0.39, 0.29) is 12.6 Å². The molecule has 1 fully saturated rings. The number of likely N-dealkylation sites (tertiary alicyclic amines) is 1. The minimum Gasteiger partial charge on any atom is -0.464 e. The molecular weight excluding hydrogens is 206 g/mol. The molecule has 0 amide bonds. The molecule has 0 aromatic carbocycles. The summed E-state index contributed by atoms with van der Waals surface area (Å²) in [6.45, 7) is 9.47. The zero-order chi connectivity index (χ0) is 12.0. The molecule has 0 aromatic rings. The highest BCUT2D eigenvalue weighted by molar-refractivity contribution is 5.70. The number of hydrogen-bond acceptors (Lipinski definition) is 4. The molecule has 4 heteroatoms. The molecule has 4 nitrogen and oxygen atoms in total. The van der Waals surface area contributed by atoms with E-state index in [0.717, 1.165) is 19.0 Å². The largest absolute Gasteiger partial charge is 0.464 e. The van der Waals surface area contributed by atoms with Crippen LogP contribution in [-0.2, 0) is 14.3 Å². The van der Waals surface area contributed by atoms with E-state index in [1.807, 2.05) is 0 Å². The molecule has 2 atom stereocenters. The van der Waals surface area contributed by atoms with Crippen molar-refractivity contribution in [2.24, 2.45) is 5.92 Å². The zero-order valence-corrected chi connectivity index (χ0v) is 10.6. The molecule has 2 unspecified atom stereocenters. The van der Waals surface area contributed by atoms with Crippen molar-refractivity contribution < 1.29 is 14.3 Å². The van der Waals surface area contributed by atoms with Gasteiger partial charge in [0.05, 0.1) is 13.2 Å². The first-order valence-electron chi connectivity index (χ1n) is 6.11. The van der Waals surface area contributed by atoms with Gasteiger partial charge in [-0.15, -0.1) is 0 Å². The summed E-state index contributed by atoms with van der Waals surface area (Å²) in [5, 5.41) is 0. The van der Waals surface area contributed by atoms with Crippen molar-refractivity contribution in [1.29, 1.82) is 0 Å². The van der Waals surface area contributed by atoms with Gasteiger partial charge in [0.1, 0.15) is 6.61 Å². The van der Waals surface area contributed by atoms with E-state index in [9.17, 15) is 4.79 Å². The number of nitrogens with zero attached hydrogens (tertiary/aromatic N) is 1. The molecule has 1 saturated heterocycles. The van der Waals surface area contributed by atoms with E-state index >= 15 is 0 Å². The Morgan fingerprint density at radius 2 is 2.19 bits per heavy atom. The Morgan fingerprint density at radius 1 is 1.44 bits per heavy atom. The molecule has 1 heterocycles. The summed E-state index contributed by atoms with van der Waals surface area (Å²) in [5.41, 5.74) is 0. The maximum absolute atomic E-state index is 11.0. The summed E-state index contributed by atoms with van der Waals surface area (Å²) in [5.74, 6) is 0.505. The van der Waals surface area contributed by atoms with Crippen LogP contribution in [0.25, 0.3) is 0 Å². The topological polar surface area (TPSA) is 38.8 Å². The second-order valence-electron chi connectivity index (χ2n) is 4.54. The highest BCUT2D eigenvalue weighted by atomic mass is 16.6. The predicted molar refractivity (Wildman–Crippen MR) is 62.3 cm³/mol. The van der Waals surface area contributed by atoms with E-state index in [0.29, 0.717) is 19.3 Å². The molecule has 0 spiro atoms. The first-order valence-corrected chi connectivity index (χ1v) is 6.11. The SMILES string of the molecule is CCOC(=O)COCCN1CC(C)CC1C. The third-order valence-corrected chi connectivity index (χ3v) is 2.96. The van der Waals surface area contributed by atoms with Crippen LogP contribution in [-0.4, -0.2) is 49.8 Å². The molecule has 0 saturated carbocycles. The standard InChI is InChI=1S/C12H23NO3/c1-4-16-12(14)9-15-6-5-13-8-10(2)7-11(13)3/h10-11H,4-9H2,1-3H3. The van der Waals surface area contributed by atoms with Crippen molar-refractivity contribution in [3.63, 3.8) is 0 Å². The first kappa shape index (κ1) is 13.5. The van der Waals surface area contributed by atoms with Crippen LogP contribution < -0.4 is 0 Å². The lowest BCUT2D eigenvalue weighted by atomic mass is 10.1. The number of carbonyl (C=O) groups excluding carboxylic acids is 1. The predicted octanol–water partition coefficient (Wildman–Crippen LogP) is 1.30. The van der Waals surface area contributed by atoms with E-state index in [2.05, 4.69) is 18.7 Å².